The molecule has 0 bridgehead atoms. The summed E-state index contributed by atoms with van der Waals surface area (Å²) in [6.07, 6.45) is 0.0953. The number of hydrogen-bond acceptors (Lipinski definition) is 3. The van der Waals surface area contributed by atoms with Gasteiger partial charge in [0.15, 0.2) is 0 Å². The number of hydrogen-bond donors (Lipinski definition) is 1. The van der Waals surface area contributed by atoms with Gasteiger partial charge in [0.2, 0.25) is 15.9 Å². The molecule has 0 aromatic heterocycles. The van der Waals surface area contributed by atoms with Crippen molar-refractivity contribution in [3.8, 4) is 0 Å². The van der Waals surface area contributed by atoms with Crippen molar-refractivity contribution in [2.24, 2.45) is 0 Å². The molecule has 0 spiro atoms. The van der Waals surface area contributed by atoms with Crippen LogP contribution in [-0.4, -0.2) is 38.3 Å². The van der Waals surface area contributed by atoms with Crippen LogP contribution < -0.4 is 5.32 Å². The van der Waals surface area contributed by atoms with E-state index in [1.54, 1.807) is 0 Å². The van der Waals surface area contributed by atoms with E-state index < -0.39 is 15.8 Å². The second-order valence-corrected chi connectivity index (χ2v) is 6.39. The monoisotopic (exact) mass is 306 g/mol. The minimum Gasteiger partial charge on any atom is -0.355 e. The SMILES string of the molecule is O=C1CCN(S(=O)(=O)c2ccc(F)cc2Cl)CCN1. The highest BCUT2D eigenvalue weighted by molar-refractivity contribution is 7.89. The highest BCUT2D eigenvalue weighted by atomic mass is 35.5. The predicted octanol–water partition coefficient (Wildman–Crippen LogP) is 0.990. The van der Waals surface area contributed by atoms with Crippen molar-refractivity contribution in [1.29, 1.82) is 0 Å². The normalized spacial score (nSPS) is 17.9. The number of amides is 1. The fourth-order valence-electron chi connectivity index (χ4n) is 1.81. The Balaban J connectivity index is 2.33. The lowest BCUT2D eigenvalue weighted by Gasteiger charge is -2.19. The van der Waals surface area contributed by atoms with Gasteiger partial charge in [-0.1, -0.05) is 11.6 Å². The molecule has 1 aromatic carbocycles. The molecule has 0 unspecified atom stereocenters. The van der Waals surface area contributed by atoms with Gasteiger partial charge in [-0.2, -0.15) is 4.31 Å². The summed E-state index contributed by atoms with van der Waals surface area (Å²) in [4.78, 5) is 11.0. The van der Waals surface area contributed by atoms with Crippen molar-refractivity contribution in [3.05, 3.63) is 29.0 Å². The van der Waals surface area contributed by atoms with Crippen molar-refractivity contribution in [2.45, 2.75) is 11.3 Å². The van der Waals surface area contributed by atoms with Crippen molar-refractivity contribution in [1.82, 2.24) is 9.62 Å². The Hall–Kier alpha value is -1.18. The van der Waals surface area contributed by atoms with Gasteiger partial charge in [-0.3, -0.25) is 4.79 Å². The van der Waals surface area contributed by atoms with Crippen LogP contribution in [0.4, 0.5) is 4.39 Å². The fourth-order valence-corrected chi connectivity index (χ4v) is 3.76. The lowest BCUT2D eigenvalue weighted by Crippen LogP contribution is -2.34. The summed E-state index contributed by atoms with van der Waals surface area (Å²) >= 11 is 5.77. The summed E-state index contributed by atoms with van der Waals surface area (Å²) in [5.74, 6) is -0.792. The van der Waals surface area contributed by atoms with Gasteiger partial charge in [0, 0.05) is 26.1 Å². The number of sulfonamides is 1. The average molecular weight is 307 g/mol. The number of carbonyl (C=O) groups excluding carboxylic acids is 1. The molecule has 2 rings (SSSR count). The molecular formula is C11H12ClFN2O3S. The van der Waals surface area contributed by atoms with E-state index in [1.807, 2.05) is 0 Å². The average Bonchev–Trinajstić information content (AvgIpc) is 2.53. The van der Waals surface area contributed by atoms with Crippen LogP contribution in [0.5, 0.6) is 0 Å². The van der Waals surface area contributed by atoms with Crippen LogP contribution in [0.25, 0.3) is 0 Å². The molecule has 1 amide bonds. The molecule has 5 nitrogen and oxygen atoms in total. The minimum absolute atomic E-state index is 0.0852. The molecule has 1 saturated heterocycles. The molecule has 1 N–H and O–H groups in total. The molecule has 1 fully saturated rings. The van der Waals surface area contributed by atoms with Crippen LogP contribution in [0, 0.1) is 5.82 Å². The van der Waals surface area contributed by atoms with Gasteiger partial charge >= 0.3 is 0 Å². The van der Waals surface area contributed by atoms with Crippen molar-refractivity contribution in [3.63, 3.8) is 0 Å². The summed E-state index contributed by atoms with van der Waals surface area (Å²) in [5.41, 5.74) is 0. The van der Waals surface area contributed by atoms with Crippen LogP contribution in [0.15, 0.2) is 23.1 Å². The highest BCUT2D eigenvalue weighted by Crippen LogP contribution is 2.25. The van der Waals surface area contributed by atoms with E-state index in [0.717, 1.165) is 18.2 Å². The molecule has 0 atom stereocenters. The minimum atomic E-state index is -3.81. The zero-order valence-corrected chi connectivity index (χ0v) is 11.5. The first kappa shape index (κ1) is 14.2. The van der Waals surface area contributed by atoms with Gasteiger partial charge in [-0.15, -0.1) is 0 Å². The molecule has 0 radical (unpaired) electrons. The molecule has 1 heterocycles. The largest absolute Gasteiger partial charge is 0.355 e. The smallest absolute Gasteiger partial charge is 0.244 e. The first-order valence-electron chi connectivity index (χ1n) is 5.63. The van der Waals surface area contributed by atoms with Crippen LogP contribution in [-0.2, 0) is 14.8 Å². The molecule has 1 aliphatic rings. The third kappa shape index (κ3) is 3.05. The second kappa shape index (κ2) is 5.44. The van der Waals surface area contributed by atoms with E-state index in [4.69, 9.17) is 11.6 Å². The Bertz CT molecular complexity index is 606. The molecule has 19 heavy (non-hydrogen) atoms. The van der Waals surface area contributed by atoms with Crippen LogP contribution in [0.1, 0.15) is 6.42 Å². The molecule has 1 aliphatic heterocycles. The van der Waals surface area contributed by atoms with Crippen LogP contribution in [0.2, 0.25) is 5.02 Å². The zero-order chi connectivity index (χ0) is 14.0. The summed E-state index contributed by atoms with van der Waals surface area (Å²) in [6.45, 7) is 0.501. The van der Waals surface area contributed by atoms with Crippen molar-refractivity contribution < 1.29 is 17.6 Å². The second-order valence-electron chi connectivity index (χ2n) is 4.08. The summed E-state index contributed by atoms with van der Waals surface area (Å²) < 4.78 is 38.8. The first-order valence-corrected chi connectivity index (χ1v) is 7.45. The van der Waals surface area contributed by atoms with Gasteiger partial charge in [0.05, 0.1) is 5.02 Å². The topological polar surface area (TPSA) is 66.5 Å². The number of benzene rings is 1. The summed E-state index contributed by atoms with van der Waals surface area (Å²) in [7, 11) is -3.81. The third-order valence-corrected chi connectivity index (χ3v) is 5.16. The van der Waals surface area contributed by atoms with Gasteiger partial charge in [-0.05, 0) is 18.2 Å². The molecule has 1 aromatic rings. The maximum absolute atomic E-state index is 12.9. The lowest BCUT2D eigenvalue weighted by atomic mass is 10.3. The molecule has 8 heteroatoms. The van der Waals surface area contributed by atoms with E-state index in [2.05, 4.69) is 5.32 Å². The first-order chi connectivity index (χ1) is 8.91. The number of nitrogens with one attached hydrogen (secondary N) is 1. The standard InChI is InChI=1S/C11H12ClFN2O3S/c12-9-7-8(13)1-2-10(9)19(17,18)15-5-3-11(16)14-4-6-15/h1-2,7H,3-6H2,(H,14,16). The van der Waals surface area contributed by atoms with Gasteiger partial charge in [0.1, 0.15) is 10.7 Å². The molecule has 0 aliphatic carbocycles. The maximum atomic E-state index is 12.9. The quantitative estimate of drug-likeness (QED) is 0.886. The van der Waals surface area contributed by atoms with E-state index in [-0.39, 0.29) is 41.9 Å². The van der Waals surface area contributed by atoms with Gasteiger partial charge < -0.3 is 5.32 Å². The van der Waals surface area contributed by atoms with Crippen LogP contribution >= 0.6 is 11.6 Å². The predicted molar refractivity (Wildman–Crippen MR) is 67.8 cm³/mol. The number of halogens is 2. The van der Waals surface area contributed by atoms with E-state index in [0.29, 0.717) is 0 Å². The number of nitrogens with zero attached hydrogens (tertiary/aromatic N) is 1. The zero-order valence-electron chi connectivity index (χ0n) is 9.90. The van der Waals surface area contributed by atoms with Crippen molar-refractivity contribution >= 4 is 27.5 Å². The van der Waals surface area contributed by atoms with Gasteiger partial charge in [0.25, 0.3) is 0 Å². The van der Waals surface area contributed by atoms with Gasteiger partial charge in [-0.25, -0.2) is 12.8 Å². The summed E-state index contributed by atoms with van der Waals surface area (Å²) in [5, 5.41) is 2.42. The van der Waals surface area contributed by atoms with E-state index in [1.165, 1.54) is 4.31 Å². The Kier molecular flexibility index (Phi) is 4.07. The number of rotatable bonds is 2. The highest BCUT2D eigenvalue weighted by Gasteiger charge is 2.28. The third-order valence-electron chi connectivity index (χ3n) is 2.78. The Morgan fingerprint density at radius 2 is 2.05 bits per heavy atom. The molecule has 0 saturated carbocycles. The van der Waals surface area contributed by atoms with Crippen LogP contribution in [0.3, 0.4) is 0 Å². The Morgan fingerprint density at radius 3 is 2.74 bits per heavy atom. The Morgan fingerprint density at radius 1 is 1.32 bits per heavy atom. The number of carbonyl (C=O) groups is 1. The Labute approximate surface area is 115 Å². The molecular weight excluding hydrogens is 295 g/mol. The maximum Gasteiger partial charge on any atom is 0.244 e. The fraction of sp³-hybridized carbons (Fsp3) is 0.364. The van der Waals surface area contributed by atoms with E-state index >= 15 is 0 Å². The van der Waals surface area contributed by atoms with E-state index in [9.17, 15) is 17.6 Å². The van der Waals surface area contributed by atoms with Crippen molar-refractivity contribution in [2.75, 3.05) is 19.6 Å². The lowest BCUT2D eigenvalue weighted by molar-refractivity contribution is -0.120. The summed E-state index contributed by atoms with van der Waals surface area (Å²) in [6, 6.07) is 3.13. The molecule has 104 valence electrons.